The van der Waals surface area contributed by atoms with Crippen LogP contribution in [-0.4, -0.2) is 30.9 Å². The van der Waals surface area contributed by atoms with Gasteiger partial charge in [0, 0.05) is 35.3 Å². The molecular formula is C27H29N3O2S. The zero-order valence-corrected chi connectivity index (χ0v) is 19.8. The van der Waals surface area contributed by atoms with Crippen molar-refractivity contribution < 1.29 is 9.59 Å². The minimum absolute atomic E-state index is 0.253. The highest BCUT2D eigenvalue weighted by Crippen LogP contribution is 2.31. The summed E-state index contributed by atoms with van der Waals surface area (Å²) in [7, 11) is 0. The van der Waals surface area contributed by atoms with E-state index in [1.54, 1.807) is 18.2 Å². The van der Waals surface area contributed by atoms with Crippen molar-refractivity contribution in [3.63, 3.8) is 0 Å². The van der Waals surface area contributed by atoms with Crippen LogP contribution in [0.15, 0.2) is 71.7 Å². The smallest absolute Gasteiger partial charge is 0.267 e. The van der Waals surface area contributed by atoms with Gasteiger partial charge in [-0.15, -0.1) is 11.3 Å². The zero-order valence-electron chi connectivity index (χ0n) is 19.0. The molecule has 2 N–H and O–H groups in total. The Bertz CT molecular complexity index is 1140. The van der Waals surface area contributed by atoms with Crippen molar-refractivity contribution in [2.45, 2.75) is 32.7 Å². The molecule has 1 aromatic heterocycles. The summed E-state index contributed by atoms with van der Waals surface area (Å²) < 4.78 is 0. The summed E-state index contributed by atoms with van der Waals surface area (Å²) in [6.07, 6.45) is 3.61. The van der Waals surface area contributed by atoms with Crippen LogP contribution in [0.5, 0.6) is 0 Å². The van der Waals surface area contributed by atoms with E-state index in [1.807, 2.05) is 36.6 Å². The molecule has 1 aliphatic rings. The summed E-state index contributed by atoms with van der Waals surface area (Å²) >= 11 is 1.52. The molecule has 2 heterocycles. The Labute approximate surface area is 199 Å². The van der Waals surface area contributed by atoms with Crippen LogP contribution in [0.1, 0.15) is 39.7 Å². The van der Waals surface area contributed by atoms with Crippen LogP contribution in [-0.2, 0) is 11.2 Å². The Hall–Kier alpha value is -3.38. The number of fused-ring (bicyclic) bond motifs is 1. The van der Waals surface area contributed by atoms with E-state index < -0.39 is 0 Å². The first-order chi connectivity index (χ1) is 16.0. The molecule has 0 saturated carbocycles. The normalized spacial score (nSPS) is 15.3. The molecule has 6 heteroatoms. The molecule has 5 nitrogen and oxygen atoms in total. The topological polar surface area (TPSA) is 61.4 Å². The van der Waals surface area contributed by atoms with E-state index in [9.17, 15) is 9.59 Å². The van der Waals surface area contributed by atoms with Crippen molar-refractivity contribution in [3.8, 4) is 0 Å². The lowest BCUT2D eigenvalue weighted by Crippen LogP contribution is -2.37. The number of hydrogen-bond donors (Lipinski definition) is 2. The van der Waals surface area contributed by atoms with Crippen molar-refractivity contribution in [3.05, 3.63) is 93.3 Å². The Morgan fingerprint density at radius 1 is 1.09 bits per heavy atom. The number of amides is 2. The summed E-state index contributed by atoms with van der Waals surface area (Å²) in [5.41, 5.74) is 4.53. The quantitative estimate of drug-likeness (QED) is 0.376. The summed E-state index contributed by atoms with van der Waals surface area (Å²) in [6, 6.07) is 20.1. The summed E-state index contributed by atoms with van der Waals surface area (Å²) in [6.45, 7) is 5.62. The molecule has 0 saturated heterocycles. The average Bonchev–Trinajstić information content (AvgIpc) is 3.43. The Morgan fingerprint density at radius 2 is 1.88 bits per heavy atom. The molecule has 3 aromatic rings. The fraction of sp³-hybridized carbons (Fsp3) is 0.259. The lowest BCUT2D eigenvalue weighted by Gasteiger charge is -2.25. The maximum absolute atomic E-state index is 12.9. The van der Waals surface area contributed by atoms with Gasteiger partial charge in [0.05, 0.1) is 0 Å². The van der Waals surface area contributed by atoms with E-state index in [-0.39, 0.29) is 17.5 Å². The highest BCUT2D eigenvalue weighted by atomic mass is 32.1. The van der Waals surface area contributed by atoms with Crippen molar-refractivity contribution in [1.82, 2.24) is 10.6 Å². The summed E-state index contributed by atoms with van der Waals surface area (Å²) in [5, 5.41) is 7.72. The van der Waals surface area contributed by atoms with E-state index in [0.717, 1.165) is 29.8 Å². The molecule has 1 unspecified atom stereocenters. The van der Waals surface area contributed by atoms with Gasteiger partial charge in [0.2, 0.25) is 0 Å². The number of carbonyl (C=O) groups is 2. The maximum atomic E-state index is 12.9. The lowest BCUT2D eigenvalue weighted by molar-refractivity contribution is -0.117. The molecule has 2 amide bonds. The highest BCUT2D eigenvalue weighted by Gasteiger charge is 2.24. The van der Waals surface area contributed by atoms with E-state index in [2.05, 4.69) is 46.7 Å². The van der Waals surface area contributed by atoms with Crippen LogP contribution in [0.4, 0.5) is 5.69 Å². The molecule has 1 aliphatic heterocycles. The van der Waals surface area contributed by atoms with Crippen LogP contribution in [0.3, 0.4) is 0 Å². The molecule has 0 aliphatic carbocycles. The summed E-state index contributed by atoms with van der Waals surface area (Å²) in [4.78, 5) is 29.0. The second-order valence-electron chi connectivity index (χ2n) is 8.38. The van der Waals surface area contributed by atoms with E-state index in [0.29, 0.717) is 18.2 Å². The van der Waals surface area contributed by atoms with Gasteiger partial charge < -0.3 is 15.5 Å². The second-order valence-corrected chi connectivity index (χ2v) is 9.36. The van der Waals surface area contributed by atoms with Gasteiger partial charge in [-0.25, -0.2) is 0 Å². The van der Waals surface area contributed by atoms with Crippen molar-refractivity contribution in [2.24, 2.45) is 0 Å². The predicted molar refractivity (Wildman–Crippen MR) is 136 cm³/mol. The highest BCUT2D eigenvalue weighted by molar-refractivity contribution is 7.10. The van der Waals surface area contributed by atoms with E-state index in [4.69, 9.17) is 0 Å². The average molecular weight is 460 g/mol. The second kappa shape index (κ2) is 10.5. The van der Waals surface area contributed by atoms with Gasteiger partial charge in [0.25, 0.3) is 11.8 Å². The molecule has 4 rings (SSSR count). The molecule has 2 aromatic carbocycles. The molecule has 0 radical (unpaired) electrons. The third-order valence-corrected chi connectivity index (χ3v) is 6.67. The maximum Gasteiger partial charge on any atom is 0.267 e. The number of benzene rings is 2. The van der Waals surface area contributed by atoms with Gasteiger partial charge in [0.1, 0.15) is 5.70 Å². The fourth-order valence-corrected chi connectivity index (χ4v) is 4.75. The van der Waals surface area contributed by atoms with Crippen molar-refractivity contribution in [2.75, 3.05) is 18.0 Å². The molecule has 0 fully saturated rings. The number of hydrogen-bond acceptors (Lipinski definition) is 4. The van der Waals surface area contributed by atoms with Crippen LogP contribution >= 0.6 is 11.3 Å². The third-order valence-electron chi connectivity index (χ3n) is 5.85. The number of nitrogens with zero attached hydrogens (tertiary/aromatic N) is 1. The molecular weight excluding hydrogens is 430 g/mol. The molecule has 0 spiro atoms. The lowest BCUT2D eigenvalue weighted by atomic mass is 10.1. The number of anilines is 1. The number of para-hydroxylation sites is 1. The predicted octanol–water partition coefficient (Wildman–Crippen LogP) is 4.78. The summed E-state index contributed by atoms with van der Waals surface area (Å²) in [5.74, 6) is -0.575. The Morgan fingerprint density at radius 3 is 2.64 bits per heavy atom. The first-order valence-corrected chi connectivity index (χ1v) is 12.1. The van der Waals surface area contributed by atoms with E-state index in [1.165, 1.54) is 22.6 Å². The number of carbonyl (C=O) groups excluding carboxylic acids is 2. The van der Waals surface area contributed by atoms with Crippen molar-refractivity contribution >= 4 is 34.9 Å². The molecule has 33 heavy (non-hydrogen) atoms. The number of thiophene rings is 1. The van der Waals surface area contributed by atoms with Gasteiger partial charge in [-0.05, 0) is 68.0 Å². The van der Waals surface area contributed by atoms with Crippen LogP contribution in [0.25, 0.3) is 6.08 Å². The van der Waals surface area contributed by atoms with Gasteiger partial charge in [-0.1, -0.05) is 42.0 Å². The zero-order chi connectivity index (χ0) is 23.2. The van der Waals surface area contributed by atoms with Gasteiger partial charge in [0.15, 0.2) is 0 Å². The van der Waals surface area contributed by atoms with E-state index >= 15 is 0 Å². The minimum atomic E-state index is -0.296. The Balaban J connectivity index is 1.36. The fourth-order valence-electron chi connectivity index (χ4n) is 4.09. The molecule has 170 valence electrons. The first-order valence-electron chi connectivity index (χ1n) is 11.3. The first kappa shape index (κ1) is 22.8. The molecule has 0 bridgehead atoms. The number of rotatable bonds is 8. The molecule has 1 atom stereocenters. The SMILES string of the molecule is Cc1ccc(C(=O)N/C(=C\c2cccs2)C(=O)NCCCN2c3ccccc3CC2C)cc1. The Kier molecular flexibility index (Phi) is 7.25. The van der Waals surface area contributed by atoms with Gasteiger partial charge in [-0.3, -0.25) is 9.59 Å². The number of nitrogens with one attached hydrogen (secondary N) is 2. The van der Waals surface area contributed by atoms with Crippen molar-refractivity contribution in [1.29, 1.82) is 0 Å². The monoisotopic (exact) mass is 459 g/mol. The largest absolute Gasteiger partial charge is 0.368 e. The minimum Gasteiger partial charge on any atom is -0.368 e. The van der Waals surface area contributed by atoms with Crippen LogP contribution in [0, 0.1) is 6.92 Å². The third kappa shape index (κ3) is 5.71. The van der Waals surface area contributed by atoms with Gasteiger partial charge in [-0.2, -0.15) is 0 Å². The standard InChI is InChI=1S/C27H29N3O2S/c1-19-10-12-21(13-11-19)26(31)29-24(18-23-8-5-16-33-23)27(32)28-14-6-15-30-20(2)17-22-7-3-4-9-25(22)30/h3-5,7-13,16,18,20H,6,14-15,17H2,1-2H3,(H,28,32)(H,29,31)/b24-18-. The van der Waals surface area contributed by atoms with Crippen LogP contribution < -0.4 is 15.5 Å². The van der Waals surface area contributed by atoms with Crippen LogP contribution in [0.2, 0.25) is 0 Å². The number of aryl methyl sites for hydroxylation is 1. The van der Waals surface area contributed by atoms with Gasteiger partial charge >= 0.3 is 0 Å².